The van der Waals surface area contributed by atoms with E-state index in [4.69, 9.17) is 16.3 Å². The molecule has 0 aliphatic heterocycles. The molecule has 0 heterocycles. The Morgan fingerprint density at radius 2 is 1.88 bits per heavy atom. The summed E-state index contributed by atoms with van der Waals surface area (Å²) >= 11 is 5.97. The zero-order valence-corrected chi connectivity index (χ0v) is 15.0. The molecular weight excluding hydrogens is 340 g/mol. The molecule has 1 N–H and O–H groups in total. The molecular formula is C19H21ClN2O3. The second kappa shape index (κ2) is 9.08. The number of hydrogen-bond donors (Lipinski definition) is 1. The van der Waals surface area contributed by atoms with Crippen LogP contribution >= 0.6 is 11.6 Å². The highest BCUT2D eigenvalue weighted by Crippen LogP contribution is 2.19. The van der Waals surface area contributed by atoms with Crippen LogP contribution in [0.3, 0.4) is 0 Å². The molecule has 0 aromatic heterocycles. The number of carbonyl (C=O) groups excluding carboxylic acids is 2. The quantitative estimate of drug-likeness (QED) is 0.825. The van der Waals surface area contributed by atoms with E-state index in [2.05, 4.69) is 5.32 Å². The monoisotopic (exact) mass is 360 g/mol. The Kier molecular flexibility index (Phi) is 6.83. The Bertz CT molecular complexity index is 732. The van der Waals surface area contributed by atoms with E-state index in [0.717, 1.165) is 11.3 Å². The summed E-state index contributed by atoms with van der Waals surface area (Å²) in [6.07, 6.45) is 0.279. The first kappa shape index (κ1) is 18.8. The van der Waals surface area contributed by atoms with E-state index in [1.165, 1.54) is 6.92 Å². The van der Waals surface area contributed by atoms with Gasteiger partial charge in [-0.25, -0.2) is 0 Å². The van der Waals surface area contributed by atoms with Crippen molar-refractivity contribution >= 4 is 29.1 Å². The van der Waals surface area contributed by atoms with Crippen LogP contribution in [0.5, 0.6) is 5.75 Å². The van der Waals surface area contributed by atoms with Gasteiger partial charge in [0.25, 0.3) is 0 Å². The topological polar surface area (TPSA) is 58.6 Å². The number of carbonyl (C=O) groups is 2. The average molecular weight is 361 g/mol. The van der Waals surface area contributed by atoms with E-state index >= 15 is 0 Å². The Morgan fingerprint density at radius 1 is 1.16 bits per heavy atom. The fourth-order valence-corrected chi connectivity index (χ4v) is 2.60. The summed E-state index contributed by atoms with van der Waals surface area (Å²) in [5, 5.41) is 3.39. The number of hydrogen-bond acceptors (Lipinski definition) is 3. The number of halogens is 1. The lowest BCUT2D eigenvalue weighted by Crippen LogP contribution is -2.38. The van der Waals surface area contributed by atoms with Gasteiger partial charge in [0.2, 0.25) is 11.8 Å². The van der Waals surface area contributed by atoms with E-state index < -0.39 is 0 Å². The minimum absolute atomic E-state index is 0.0974. The summed E-state index contributed by atoms with van der Waals surface area (Å²) < 4.78 is 5.09. The first-order valence-electron chi connectivity index (χ1n) is 7.93. The molecule has 25 heavy (non-hydrogen) atoms. The molecule has 0 fully saturated rings. The van der Waals surface area contributed by atoms with Crippen LogP contribution in [0.15, 0.2) is 48.5 Å². The number of ether oxygens (including phenoxy) is 1. The lowest BCUT2D eigenvalue weighted by Gasteiger charge is -2.21. The van der Waals surface area contributed by atoms with Gasteiger partial charge in [-0.15, -0.1) is 0 Å². The standard InChI is InChI=1S/C19H21ClN2O3/c1-14(23)22(17-5-3-4-16(20)13-17)11-10-21-19(24)12-15-6-8-18(25-2)9-7-15/h3-9,13H,10-12H2,1-2H3,(H,21,24). The Morgan fingerprint density at radius 3 is 2.48 bits per heavy atom. The Balaban J connectivity index is 1.86. The van der Waals surface area contributed by atoms with E-state index in [1.54, 1.807) is 30.2 Å². The number of amides is 2. The van der Waals surface area contributed by atoms with Gasteiger partial charge in [0.15, 0.2) is 0 Å². The number of methoxy groups -OCH3 is 1. The molecule has 6 heteroatoms. The summed E-state index contributed by atoms with van der Waals surface area (Å²) in [5.74, 6) is 0.550. The molecule has 0 atom stereocenters. The van der Waals surface area contributed by atoms with Crippen molar-refractivity contribution in [3.8, 4) is 5.75 Å². The van der Waals surface area contributed by atoms with Gasteiger partial charge in [0.05, 0.1) is 13.5 Å². The Labute approximate surface area is 152 Å². The highest BCUT2D eigenvalue weighted by atomic mass is 35.5. The summed E-state index contributed by atoms with van der Waals surface area (Å²) in [4.78, 5) is 25.5. The van der Waals surface area contributed by atoms with Crippen LogP contribution in [0, 0.1) is 0 Å². The van der Waals surface area contributed by atoms with Gasteiger partial charge in [0.1, 0.15) is 5.75 Å². The van der Waals surface area contributed by atoms with Crippen molar-refractivity contribution in [2.45, 2.75) is 13.3 Å². The molecule has 0 spiro atoms. The van der Waals surface area contributed by atoms with Gasteiger partial charge in [-0.2, -0.15) is 0 Å². The van der Waals surface area contributed by atoms with E-state index in [0.29, 0.717) is 23.8 Å². The van der Waals surface area contributed by atoms with Crippen molar-refractivity contribution in [3.63, 3.8) is 0 Å². The molecule has 0 saturated heterocycles. The van der Waals surface area contributed by atoms with E-state index in [1.807, 2.05) is 30.3 Å². The summed E-state index contributed by atoms with van der Waals surface area (Å²) in [6.45, 7) is 2.23. The third kappa shape index (κ3) is 5.80. The molecule has 0 saturated carbocycles. The molecule has 2 aromatic rings. The van der Waals surface area contributed by atoms with Crippen LogP contribution in [-0.2, 0) is 16.0 Å². The highest BCUT2D eigenvalue weighted by molar-refractivity contribution is 6.30. The lowest BCUT2D eigenvalue weighted by molar-refractivity contribution is -0.121. The molecule has 2 amide bonds. The molecule has 0 radical (unpaired) electrons. The first-order valence-corrected chi connectivity index (χ1v) is 8.30. The molecule has 0 bridgehead atoms. The molecule has 0 aliphatic carbocycles. The van der Waals surface area contributed by atoms with Gasteiger partial charge in [-0.3, -0.25) is 9.59 Å². The average Bonchev–Trinajstić information content (AvgIpc) is 2.59. The van der Waals surface area contributed by atoms with Crippen molar-refractivity contribution in [1.82, 2.24) is 5.32 Å². The predicted octanol–water partition coefficient (Wildman–Crippen LogP) is 3.06. The minimum atomic E-state index is -0.105. The van der Waals surface area contributed by atoms with Crippen LogP contribution in [-0.4, -0.2) is 32.0 Å². The molecule has 132 valence electrons. The SMILES string of the molecule is COc1ccc(CC(=O)NCCN(C(C)=O)c2cccc(Cl)c2)cc1. The number of nitrogens with one attached hydrogen (secondary N) is 1. The zero-order valence-electron chi connectivity index (χ0n) is 14.3. The highest BCUT2D eigenvalue weighted by Gasteiger charge is 2.12. The van der Waals surface area contributed by atoms with Crippen LogP contribution in [0.2, 0.25) is 5.02 Å². The van der Waals surface area contributed by atoms with Crippen molar-refractivity contribution < 1.29 is 14.3 Å². The molecule has 0 unspecified atom stereocenters. The smallest absolute Gasteiger partial charge is 0.224 e. The van der Waals surface area contributed by atoms with Crippen molar-refractivity contribution in [3.05, 3.63) is 59.1 Å². The first-order chi connectivity index (χ1) is 12.0. The largest absolute Gasteiger partial charge is 0.497 e. The third-order valence-corrected chi connectivity index (χ3v) is 3.92. The van der Waals surface area contributed by atoms with E-state index in [9.17, 15) is 9.59 Å². The van der Waals surface area contributed by atoms with Gasteiger partial charge in [-0.05, 0) is 35.9 Å². The number of anilines is 1. The number of rotatable bonds is 7. The van der Waals surface area contributed by atoms with E-state index in [-0.39, 0.29) is 18.2 Å². The van der Waals surface area contributed by atoms with Gasteiger partial charge in [-0.1, -0.05) is 29.8 Å². The second-order valence-electron chi connectivity index (χ2n) is 5.53. The Hall–Kier alpha value is -2.53. The van der Waals surface area contributed by atoms with Gasteiger partial charge in [0, 0.05) is 30.7 Å². The number of nitrogens with zero attached hydrogens (tertiary/aromatic N) is 1. The van der Waals surface area contributed by atoms with Crippen molar-refractivity contribution in [2.75, 3.05) is 25.1 Å². The maximum absolute atomic E-state index is 12.0. The van der Waals surface area contributed by atoms with Gasteiger partial charge < -0.3 is 15.0 Å². The zero-order chi connectivity index (χ0) is 18.2. The molecule has 2 rings (SSSR count). The number of benzene rings is 2. The van der Waals surface area contributed by atoms with Gasteiger partial charge >= 0.3 is 0 Å². The molecule has 0 aliphatic rings. The minimum Gasteiger partial charge on any atom is -0.497 e. The molecule has 5 nitrogen and oxygen atoms in total. The van der Waals surface area contributed by atoms with Crippen LogP contribution in [0.25, 0.3) is 0 Å². The predicted molar refractivity (Wildman–Crippen MR) is 99.2 cm³/mol. The lowest BCUT2D eigenvalue weighted by atomic mass is 10.1. The third-order valence-electron chi connectivity index (χ3n) is 3.68. The fraction of sp³-hybridized carbons (Fsp3) is 0.263. The van der Waals surface area contributed by atoms with Crippen LogP contribution in [0.1, 0.15) is 12.5 Å². The molecule has 2 aromatic carbocycles. The fourth-order valence-electron chi connectivity index (χ4n) is 2.41. The summed E-state index contributed by atoms with van der Waals surface area (Å²) in [7, 11) is 1.60. The van der Waals surface area contributed by atoms with Crippen molar-refractivity contribution in [1.29, 1.82) is 0 Å². The summed E-state index contributed by atoms with van der Waals surface area (Å²) in [5.41, 5.74) is 1.61. The van der Waals surface area contributed by atoms with Crippen LogP contribution in [0.4, 0.5) is 5.69 Å². The second-order valence-corrected chi connectivity index (χ2v) is 5.96. The van der Waals surface area contributed by atoms with Crippen molar-refractivity contribution in [2.24, 2.45) is 0 Å². The maximum atomic E-state index is 12.0. The maximum Gasteiger partial charge on any atom is 0.224 e. The summed E-state index contributed by atoms with van der Waals surface area (Å²) in [6, 6.07) is 14.4. The normalized spacial score (nSPS) is 10.2. The van der Waals surface area contributed by atoms with Crippen LogP contribution < -0.4 is 15.0 Å².